The van der Waals surface area contributed by atoms with E-state index < -0.39 is 5.97 Å². The van der Waals surface area contributed by atoms with Crippen molar-refractivity contribution in [3.05, 3.63) is 52.3 Å². The molecule has 0 aliphatic rings. The van der Waals surface area contributed by atoms with E-state index in [2.05, 4.69) is 4.98 Å². The molecule has 1 aromatic carbocycles. The molecule has 1 N–H and O–H groups in total. The molecular formula is C12H7Cl2NO3. The Morgan fingerprint density at radius 1 is 1.17 bits per heavy atom. The summed E-state index contributed by atoms with van der Waals surface area (Å²) in [6, 6.07) is 5.78. The molecule has 1 aromatic heterocycles. The molecule has 0 unspecified atom stereocenters. The van der Waals surface area contributed by atoms with Crippen LogP contribution in [0.4, 0.5) is 0 Å². The molecule has 0 spiro atoms. The van der Waals surface area contributed by atoms with Gasteiger partial charge in [0, 0.05) is 18.5 Å². The number of benzene rings is 1. The third-order valence-corrected chi connectivity index (χ3v) is 2.71. The van der Waals surface area contributed by atoms with E-state index in [1.807, 2.05) is 0 Å². The highest BCUT2D eigenvalue weighted by Gasteiger charge is 2.10. The number of rotatable bonds is 3. The molecule has 0 saturated carbocycles. The molecule has 92 valence electrons. The Morgan fingerprint density at radius 3 is 2.50 bits per heavy atom. The first kappa shape index (κ1) is 12.7. The summed E-state index contributed by atoms with van der Waals surface area (Å²) in [7, 11) is 0. The highest BCUT2D eigenvalue weighted by molar-refractivity contribution is 6.33. The number of carboxylic acids is 1. The second-order valence-electron chi connectivity index (χ2n) is 3.36. The molecule has 0 atom stereocenters. The van der Waals surface area contributed by atoms with E-state index in [0.717, 1.165) is 0 Å². The average Bonchev–Trinajstić information content (AvgIpc) is 2.34. The average molecular weight is 284 g/mol. The summed E-state index contributed by atoms with van der Waals surface area (Å²) in [5, 5.41) is 9.35. The van der Waals surface area contributed by atoms with Gasteiger partial charge in [0.1, 0.15) is 16.5 Å². The second kappa shape index (κ2) is 5.25. The van der Waals surface area contributed by atoms with Crippen LogP contribution in [0.15, 0.2) is 36.7 Å². The van der Waals surface area contributed by atoms with Crippen LogP contribution in [-0.2, 0) is 0 Å². The van der Waals surface area contributed by atoms with Gasteiger partial charge in [0.25, 0.3) is 0 Å². The number of halogens is 2. The Balaban J connectivity index is 2.30. The minimum atomic E-state index is -1.05. The van der Waals surface area contributed by atoms with Crippen LogP contribution >= 0.6 is 23.2 Å². The van der Waals surface area contributed by atoms with E-state index in [9.17, 15) is 4.79 Å². The molecule has 0 radical (unpaired) electrons. The van der Waals surface area contributed by atoms with Crippen molar-refractivity contribution >= 4 is 29.2 Å². The van der Waals surface area contributed by atoms with Crippen LogP contribution in [0.25, 0.3) is 0 Å². The van der Waals surface area contributed by atoms with Crippen molar-refractivity contribution in [2.24, 2.45) is 0 Å². The summed E-state index contributed by atoms with van der Waals surface area (Å²) in [6.07, 6.45) is 2.97. The van der Waals surface area contributed by atoms with Gasteiger partial charge < -0.3 is 9.84 Å². The van der Waals surface area contributed by atoms with Gasteiger partial charge in [-0.2, -0.15) is 0 Å². The van der Waals surface area contributed by atoms with Gasteiger partial charge in [-0.1, -0.05) is 23.2 Å². The van der Waals surface area contributed by atoms with E-state index in [1.54, 1.807) is 6.07 Å². The van der Waals surface area contributed by atoms with Crippen LogP contribution < -0.4 is 4.74 Å². The molecule has 4 nitrogen and oxygen atoms in total. The zero-order valence-corrected chi connectivity index (χ0v) is 10.4. The summed E-state index contributed by atoms with van der Waals surface area (Å²) in [5.74, 6) is -0.322. The van der Waals surface area contributed by atoms with Gasteiger partial charge in [0.15, 0.2) is 0 Å². The van der Waals surface area contributed by atoms with Crippen molar-refractivity contribution in [2.45, 2.75) is 0 Å². The van der Waals surface area contributed by atoms with Crippen molar-refractivity contribution < 1.29 is 14.6 Å². The first-order valence-electron chi connectivity index (χ1n) is 4.88. The predicted molar refractivity (Wildman–Crippen MR) is 67.7 cm³/mol. The maximum atomic E-state index is 10.7. The largest absolute Gasteiger partial charge is 0.478 e. The van der Waals surface area contributed by atoms with E-state index in [4.69, 9.17) is 33.0 Å². The monoisotopic (exact) mass is 283 g/mol. The molecule has 2 aromatic rings. The summed E-state index contributed by atoms with van der Waals surface area (Å²) < 4.78 is 5.48. The fraction of sp³-hybridized carbons (Fsp3) is 0. The number of carbonyl (C=O) groups is 1. The molecule has 0 saturated heterocycles. The number of hydrogen-bond donors (Lipinski definition) is 1. The molecule has 0 aliphatic carbocycles. The Labute approximate surface area is 113 Å². The summed E-state index contributed by atoms with van der Waals surface area (Å²) in [5.41, 5.74) is 0.0909. The van der Waals surface area contributed by atoms with Gasteiger partial charge >= 0.3 is 5.97 Å². The van der Waals surface area contributed by atoms with E-state index in [1.165, 1.54) is 30.6 Å². The lowest BCUT2D eigenvalue weighted by molar-refractivity contribution is 0.0697. The maximum absolute atomic E-state index is 10.7. The number of aromatic nitrogens is 1. The molecular weight excluding hydrogens is 277 g/mol. The first-order valence-corrected chi connectivity index (χ1v) is 5.63. The van der Waals surface area contributed by atoms with Crippen LogP contribution in [0.2, 0.25) is 10.0 Å². The fourth-order valence-corrected chi connectivity index (χ4v) is 1.66. The summed E-state index contributed by atoms with van der Waals surface area (Å²) >= 11 is 11.8. The third-order valence-electron chi connectivity index (χ3n) is 2.13. The highest BCUT2D eigenvalue weighted by Crippen LogP contribution is 2.33. The molecule has 18 heavy (non-hydrogen) atoms. The molecule has 0 aliphatic heterocycles. The van der Waals surface area contributed by atoms with Crippen molar-refractivity contribution in [1.82, 2.24) is 4.98 Å². The highest BCUT2D eigenvalue weighted by atomic mass is 35.5. The van der Waals surface area contributed by atoms with Gasteiger partial charge in [-0.25, -0.2) is 4.79 Å². The lowest BCUT2D eigenvalue weighted by Gasteiger charge is -2.08. The Bertz CT molecular complexity index is 602. The standard InChI is InChI=1S/C12H7Cl2NO3/c13-8-5-7(12(16)17)1-2-10(8)18-11-3-4-15-6-9(11)14/h1-6H,(H,16,17). The van der Waals surface area contributed by atoms with Crippen LogP contribution in [0.3, 0.4) is 0 Å². The van der Waals surface area contributed by atoms with E-state index in [-0.39, 0.29) is 10.6 Å². The van der Waals surface area contributed by atoms with Crippen molar-refractivity contribution in [2.75, 3.05) is 0 Å². The number of carboxylic acid groups (broad SMARTS) is 1. The number of ether oxygens (including phenoxy) is 1. The van der Waals surface area contributed by atoms with E-state index in [0.29, 0.717) is 16.5 Å². The van der Waals surface area contributed by atoms with Gasteiger partial charge in [0.05, 0.1) is 10.6 Å². The van der Waals surface area contributed by atoms with E-state index >= 15 is 0 Å². The quantitative estimate of drug-likeness (QED) is 0.929. The smallest absolute Gasteiger partial charge is 0.335 e. The first-order chi connectivity index (χ1) is 8.58. The van der Waals surface area contributed by atoms with Crippen LogP contribution in [0, 0.1) is 0 Å². The van der Waals surface area contributed by atoms with Gasteiger partial charge in [0.2, 0.25) is 0 Å². The summed E-state index contributed by atoms with van der Waals surface area (Å²) in [6.45, 7) is 0. The lowest BCUT2D eigenvalue weighted by Crippen LogP contribution is -1.96. The minimum absolute atomic E-state index is 0.0909. The maximum Gasteiger partial charge on any atom is 0.335 e. The lowest BCUT2D eigenvalue weighted by atomic mass is 10.2. The molecule has 6 heteroatoms. The number of hydrogen-bond acceptors (Lipinski definition) is 3. The molecule has 2 rings (SSSR count). The van der Waals surface area contributed by atoms with Gasteiger partial charge in [-0.15, -0.1) is 0 Å². The number of nitrogens with zero attached hydrogens (tertiary/aromatic N) is 1. The third kappa shape index (κ3) is 2.72. The molecule has 0 amide bonds. The van der Waals surface area contributed by atoms with Gasteiger partial charge in [-0.3, -0.25) is 4.98 Å². The zero-order valence-electron chi connectivity index (χ0n) is 8.93. The molecule has 0 bridgehead atoms. The topological polar surface area (TPSA) is 59.4 Å². The Hall–Kier alpha value is -1.78. The normalized spacial score (nSPS) is 10.1. The molecule has 1 heterocycles. The minimum Gasteiger partial charge on any atom is -0.478 e. The van der Waals surface area contributed by atoms with Gasteiger partial charge in [-0.05, 0) is 18.2 Å². The number of aromatic carboxylic acids is 1. The Kier molecular flexibility index (Phi) is 3.69. The zero-order chi connectivity index (χ0) is 13.1. The van der Waals surface area contributed by atoms with Crippen LogP contribution in [-0.4, -0.2) is 16.1 Å². The second-order valence-corrected chi connectivity index (χ2v) is 4.17. The van der Waals surface area contributed by atoms with Crippen LogP contribution in [0.5, 0.6) is 11.5 Å². The molecule has 0 fully saturated rings. The Morgan fingerprint density at radius 2 is 1.89 bits per heavy atom. The number of pyridine rings is 1. The fourth-order valence-electron chi connectivity index (χ4n) is 1.28. The SMILES string of the molecule is O=C(O)c1ccc(Oc2ccncc2Cl)c(Cl)c1. The predicted octanol–water partition coefficient (Wildman–Crippen LogP) is 3.88. The van der Waals surface area contributed by atoms with Crippen molar-refractivity contribution in [1.29, 1.82) is 0 Å². The van der Waals surface area contributed by atoms with Crippen LogP contribution in [0.1, 0.15) is 10.4 Å². The van der Waals surface area contributed by atoms with Crippen molar-refractivity contribution in [3.8, 4) is 11.5 Å². The van der Waals surface area contributed by atoms with Crippen molar-refractivity contribution in [3.63, 3.8) is 0 Å². The summed E-state index contributed by atoms with van der Waals surface area (Å²) in [4.78, 5) is 14.6.